The molecule has 14 heteroatoms. The second-order valence-electron chi connectivity index (χ2n) is 16.0. The lowest BCUT2D eigenvalue weighted by molar-refractivity contribution is -0.304. The van der Waals surface area contributed by atoms with Crippen molar-refractivity contribution >= 4 is 64.3 Å². The van der Waals surface area contributed by atoms with Crippen LogP contribution in [0.3, 0.4) is 0 Å². The van der Waals surface area contributed by atoms with Gasteiger partial charge in [-0.2, -0.15) is 0 Å². The van der Waals surface area contributed by atoms with Crippen molar-refractivity contribution in [2.45, 2.75) is 175 Å². The van der Waals surface area contributed by atoms with Gasteiger partial charge >= 0.3 is 17.9 Å². The van der Waals surface area contributed by atoms with Crippen LogP contribution in [0.5, 0.6) is 0 Å². The largest absolute Gasteiger partial charge is 0.463 e. The van der Waals surface area contributed by atoms with E-state index in [1.165, 1.54) is 147 Å². The minimum Gasteiger partial charge on any atom is -0.463 e. The fourth-order valence-corrected chi connectivity index (χ4v) is 6.72. The van der Waals surface area contributed by atoms with Crippen molar-refractivity contribution in [2.24, 2.45) is 5.92 Å². The zero-order valence-electron chi connectivity index (χ0n) is 37.8. The summed E-state index contributed by atoms with van der Waals surface area (Å²) in [5, 5.41) is 5.37. The summed E-state index contributed by atoms with van der Waals surface area (Å²) in [6.07, 6.45) is 22.0. The molecule has 0 radical (unpaired) electrons. The molecule has 0 heterocycles. The smallest absolute Gasteiger partial charge is 0.347 e. The van der Waals surface area contributed by atoms with Gasteiger partial charge < -0.3 is 24.8 Å². The minimum atomic E-state index is -1.27. The van der Waals surface area contributed by atoms with Crippen LogP contribution in [0.2, 0.25) is 10.0 Å². The zero-order chi connectivity index (χ0) is 45.5. The lowest BCUT2D eigenvalue weighted by Crippen LogP contribution is -2.32. The number of carbonyl (C=O) groups is 5. The zero-order valence-corrected chi connectivity index (χ0v) is 39.3. The molecule has 2 aromatic rings. The van der Waals surface area contributed by atoms with Crippen LogP contribution in [0.1, 0.15) is 184 Å². The Balaban J connectivity index is 1.77. The number of anilines is 2. The first kappa shape index (κ1) is 54.4. The highest BCUT2D eigenvalue weighted by atomic mass is 35.5. The van der Waals surface area contributed by atoms with E-state index in [-0.39, 0.29) is 45.8 Å². The monoisotopic (exact) mass is 906 g/mol. The first-order valence-electron chi connectivity index (χ1n) is 22.9. The summed E-state index contributed by atoms with van der Waals surface area (Å²) >= 11 is 12.7. The Labute approximate surface area is 380 Å². The van der Waals surface area contributed by atoms with Crippen molar-refractivity contribution in [2.75, 3.05) is 30.5 Å². The van der Waals surface area contributed by atoms with Crippen LogP contribution in [-0.4, -0.2) is 61.8 Å². The summed E-state index contributed by atoms with van der Waals surface area (Å²) in [4.78, 5) is 75.1. The molecule has 3 atom stereocenters. The Kier molecular flexibility index (Phi) is 28.9. The number of hydrogen-bond acceptors (Lipinski definition) is 10. The van der Waals surface area contributed by atoms with Gasteiger partial charge in [-0.15, -0.1) is 0 Å². The Hall–Kier alpha value is -3.71. The molecule has 12 nitrogen and oxygen atoms in total. The minimum absolute atomic E-state index is 0.0179. The number of carbonyl (C=O) groups excluding carboxylic acids is 5. The number of unbranched alkanes of at least 4 members (excludes halogenated alkanes) is 18. The Morgan fingerprint density at radius 2 is 0.935 bits per heavy atom. The van der Waals surface area contributed by atoms with E-state index < -0.39 is 47.8 Å². The van der Waals surface area contributed by atoms with E-state index in [1.807, 2.05) is 0 Å². The van der Waals surface area contributed by atoms with E-state index in [0.717, 1.165) is 32.1 Å². The third kappa shape index (κ3) is 23.1. The average Bonchev–Trinajstić information content (AvgIpc) is 3.25. The van der Waals surface area contributed by atoms with Gasteiger partial charge in [0, 0.05) is 0 Å². The molecule has 0 fully saturated rings. The molecule has 0 saturated carbocycles. The van der Waals surface area contributed by atoms with Crippen LogP contribution >= 0.6 is 23.2 Å². The number of ether oxygens (including phenoxy) is 3. The van der Waals surface area contributed by atoms with Crippen LogP contribution in [0, 0.1) is 5.92 Å². The van der Waals surface area contributed by atoms with E-state index in [9.17, 15) is 24.0 Å². The van der Waals surface area contributed by atoms with Crippen molar-refractivity contribution in [3.8, 4) is 0 Å². The van der Waals surface area contributed by atoms with Crippen LogP contribution in [0.25, 0.3) is 0 Å². The van der Waals surface area contributed by atoms with Gasteiger partial charge in [-0.05, 0) is 70.0 Å². The predicted molar refractivity (Wildman–Crippen MR) is 246 cm³/mol. The van der Waals surface area contributed by atoms with Gasteiger partial charge in [-0.25, -0.2) is 24.2 Å². The quantitative estimate of drug-likeness (QED) is 0.0173. The fraction of sp³-hybridized carbons (Fsp3) is 0.646. The molecule has 0 bridgehead atoms. The van der Waals surface area contributed by atoms with Gasteiger partial charge in [0.2, 0.25) is 11.8 Å². The highest BCUT2D eigenvalue weighted by Crippen LogP contribution is 2.27. The summed E-state index contributed by atoms with van der Waals surface area (Å²) in [5.41, 5.74) is 0.275. The number of rotatable bonds is 34. The molecule has 2 aromatic carbocycles. The molecule has 3 unspecified atom stereocenters. The molecule has 2 amide bonds. The van der Waals surface area contributed by atoms with Gasteiger partial charge in [0.15, 0.2) is 6.10 Å². The van der Waals surface area contributed by atoms with Crippen molar-refractivity contribution in [3.05, 3.63) is 57.6 Å². The van der Waals surface area contributed by atoms with Gasteiger partial charge in [-0.1, -0.05) is 153 Å². The summed E-state index contributed by atoms with van der Waals surface area (Å²) in [6, 6.07) is 8.30. The molecular formula is C48H72Cl2N2O10. The maximum atomic E-state index is 13.2. The third-order valence-corrected chi connectivity index (χ3v) is 11.0. The molecule has 0 saturated heterocycles. The van der Waals surface area contributed by atoms with Crippen molar-refractivity contribution in [1.29, 1.82) is 0 Å². The first-order chi connectivity index (χ1) is 29.9. The molecule has 2 rings (SSSR count). The third-order valence-electron chi connectivity index (χ3n) is 10.3. The van der Waals surface area contributed by atoms with Crippen LogP contribution in [-0.2, 0) is 38.4 Å². The maximum absolute atomic E-state index is 13.2. The van der Waals surface area contributed by atoms with E-state index >= 15 is 0 Å². The summed E-state index contributed by atoms with van der Waals surface area (Å²) in [6.45, 7) is 9.64. The lowest BCUT2D eigenvalue weighted by atomic mass is 10.1. The molecule has 62 heavy (non-hydrogen) atoms. The van der Waals surface area contributed by atoms with E-state index in [2.05, 4.69) is 24.5 Å². The van der Waals surface area contributed by atoms with Crippen LogP contribution < -0.4 is 10.6 Å². The average molecular weight is 908 g/mol. The Morgan fingerprint density at radius 1 is 0.532 bits per heavy atom. The molecule has 0 spiro atoms. The summed E-state index contributed by atoms with van der Waals surface area (Å²) < 4.78 is 16.1. The maximum Gasteiger partial charge on any atom is 0.347 e. The number of esters is 3. The van der Waals surface area contributed by atoms with Gasteiger partial charge in [0.1, 0.15) is 18.6 Å². The number of benzene rings is 2. The Morgan fingerprint density at radius 3 is 1.39 bits per heavy atom. The highest BCUT2D eigenvalue weighted by Gasteiger charge is 2.25. The standard InChI is InChI=1S/C48H72Cl2N2O10/c1-6-8-10-12-14-16-18-20-22-24-30-58-46(55)37(5)62-48(57)39-27-29-41(50)43(33-39)52-45(54)36(4)44(53)51-42-32-38(26-28-40(42)49)47(56)61-35(3)34-60-59-31-25-23-21-19-17-15-13-11-9-7-2/h26-29,32-33,35-37H,6-25,30-31,34H2,1-5H3,(H,51,53)(H,52,54). The normalized spacial score (nSPS) is 12.6. The highest BCUT2D eigenvalue weighted by molar-refractivity contribution is 6.34. The molecular weight excluding hydrogens is 835 g/mol. The topological polar surface area (TPSA) is 156 Å². The van der Waals surface area contributed by atoms with Crippen molar-refractivity contribution < 1.29 is 48.0 Å². The van der Waals surface area contributed by atoms with Crippen molar-refractivity contribution in [1.82, 2.24) is 0 Å². The summed E-state index contributed by atoms with van der Waals surface area (Å²) in [7, 11) is 0. The molecule has 0 aliphatic rings. The van der Waals surface area contributed by atoms with Gasteiger partial charge in [0.25, 0.3) is 0 Å². The Bertz CT molecular complexity index is 1640. The molecule has 0 aliphatic carbocycles. The second kappa shape index (κ2) is 32.9. The molecule has 2 N–H and O–H groups in total. The van der Waals surface area contributed by atoms with E-state index in [1.54, 1.807) is 6.92 Å². The fourth-order valence-electron chi connectivity index (χ4n) is 6.39. The van der Waals surface area contributed by atoms with Crippen LogP contribution in [0.15, 0.2) is 36.4 Å². The summed E-state index contributed by atoms with van der Waals surface area (Å²) in [5.74, 6) is -4.88. The van der Waals surface area contributed by atoms with Crippen molar-refractivity contribution in [3.63, 3.8) is 0 Å². The number of nitrogens with one attached hydrogen (secondary N) is 2. The molecule has 348 valence electrons. The van der Waals surface area contributed by atoms with E-state index in [4.69, 9.17) is 47.2 Å². The predicted octanol–water partition coefficient (Wildman–Crippen LogP) is 12.6. The number of halogens is 2. The first-order valence-corrected chi connectivity index (χ1v) is 23.7. The van der Waals surface area contributed by atoms with E-state index in [0.29, 0.717) is 6.61 Å². The number of hydrogen-bond donors (Lipinski definition) is 2. The number of amides is 2. The second-order valence-corrected chi connectivity index (χ2v) is 16.8. The van der Waals surface area contributed by atoms with Crippen LogP contribution in [0.4, 0.5) is 11.4 Å². The molecule has 0 aliphatic heterocycles. The molecule has 0 aromatic heterocycles. The lowest BCUT2D eigenvalue weighted by Gasteiger charge is -2.16. The van der Waals surface area contributed by atoms with Gasteiger partial charge in [-0.3, -0.25) is 9.59 Å². The van der Waals surface area contributed by atoms with Gasteiger partial charge in [0.05, 0.1) is 45.8 Å². The SMILES string of the molecule is CCCCCCCCCCCCOOCC(C)OC(=O)c1ccc(Cl)c(NC(=O)C(C)C(=O)Nc2cc(C(=O)OC(C)C(=O)OCCCCCCCCCCCC)ccc2Cl)c1.